The third-order valence-corrected chi connectivity index (χ3v) is 2.36. The van der Waals surface area contributed by atoms with Crippen molar-refractivity contribution < 1.29 is 0 Å². The molecule has 0 aromatic heterocycles. The van der Waals surface area contributed by atoms with Crippen molar-refractivity contribution in [2.45, 2.75) is 0 Å². The highest BCUT2D eigenvalue weighted by Gasteiger charge is 1.95. The van der Waals surface area contributed by atoms with Gasteiger partial charge >= 0.3 is 0 Å². The van der Waals surface area contributed by atoms with Gasteiger partial charge in [0.15, 0.2) is 0 Å². The van der Waals surface area contributed by atoms with Crippen molar-refractivity contribution in [3.63, 3.8) is 0 Å². The molecule has 0 aliphatic carbocycles. The monoisotopic (exact) mass is 210 g/mol. The minimum absolute atomic E-state index is 0.756. The first-order chi connectivity index (χ1) is 7.65. The zero-order chi connectivity index (χ0) is 11.5. The number of nitrogen functional groups attached to an aromatic ring is 1. The number of hydrogen-bond donors (Lipinski definition) is 2. The van der Waals surface area contributed by atoms with Crippen molar-refractivity contribution in [2.24, 2.45) is 0 Å². The molecule has 2 aromatic carbocycles. The molecule has 2 aromatic rings. The molecular formula is C14H14N2. The lowest BCUT2D eigenvalue weighted by Gasteiger charge is -2.07. The Bertz CT molecular complexity index is 585. The van der Waals surface area contributed by atoms with Crippen LogP contribution in [0.15, 0.2) is 42.5 Å². The molecule has 0 amide bonds. The summed E-state index contributed by atoms with van der Waals surface area (Å²) in [5.41, 5.74) is 8.34. The van der Waals surface area contributed by atoms with E-state index in [1.54, 1.807) is 0 Å². The molecule has 0 heterocycles. The lowest BCUT2D eigenvalue weighted by molar-refractivity contribution is 1.49. The van der Waals surface area contributed by atoms with Crippen molar-refractivity contribution in [3.05, 3.63) is 52.9 Å². The zero-order valence-corrected chi connectivity index (χ0v) is 9.03. The first kappa shape index (κ1) is 10.3. The Morgan fingerprint density at radius 2 is 1.62 bits per heavy atom. The molecule has 0 saturated heterocycles. The van der Waals surface area contributed by atoms with Crippen LogP contribution in [0.25, 0.3) is 13.2 Å². The maximum Gasteiger partial charge on any atom is 0.0457 e. The van der Waals surface area contributed by atoms with E-state index in [0.717, 1.165) is 27.5 Å². The Morgan fingerprint density at radius 3 is 2.31 bits per heavy atom. The average molecular weight is 210 g/mol. The lowest BCUT2D eigenvalue weighted by atomic mass is 10.2. The Morgan fingerprint density at radius 1 is 0.938 bits per heavy atom. The van der Waals surface area contributed by atoms with E-state index < -0.39 is 0 Å². The fourth-order valence-electron chi connectivity index (χ4n) is 1.46. The van der Waals surface area contributed by atoms with Gasteiger partial charge in [-0.1, -0.05) is 25.3 Å². The quantitative estimate of drug-likeness (QED) is 0.742. The van der Waals surface area contributed by atoms with Gasteiger partial charge in [-0.25, -0.2) is 0 Å². The summed E-state index contributed by atoms with van der Waals surface area (Å²) in [5.74, 6) is 0. The lowest BCUT2D eigenvalue weighted by Crippen LogP contribution is -2.11. The van der Waals surface area contributed by atoms with Crippen molar-refractivity contribution in [2.75, 3.05) is 11.1 Å². The molecule has 0 atom stereocenters. The summed E-state index contributed by atoms with van der Waals surface area (Å²) in [6, 6.07) is 13.4. The highest BCUT2D eigenvalue weighted by atomic mass is 14.9. The van der Waals surface area contributed by atoms with Crippen LogP contribution in [0, 0.1) is 0 Å². The van der Waals surface area contributed by atoms with E-state index in [2.05, 4.69) is 18.5 Å². The highest BCUT2D eigenvalue weighted by molar-refractivity contribution is 5.62. The van der Waals surface area contributed by atoms with Crippen LogP contribution in [0.3, 0.4) is 0 Å². The molecule has 3 N–H and O–H groups in total. The molecule has 0 aliphatic rings. The first-order valence-corrected chi connectivity index (χ1v) is 5.06. The number of rotatable bonds is 2. The van der Waals surface area contributed by atoms with Gasteiger partial charge in [0.1, 0.15) is 0 Å². The van der Waals surface area contributed by atoms with E-state index in [1.165, 1.54) is 0 Å². The van der Waals surface area contributed by atoms with E-state index in [0.29, 0.717) is 0 Å². The molecule has 0 spiro atoms. The SMILES string of the molecule is C=c1ccc(=C)c(Nc2ccc(N)cc2)c1. The average Bonchev–Trinajstić information content (AvgIpc) is 2.27. The van der Waals surface area contributed by atoms with Crippen molar-refractivity contribution in [1.29, 1.82) is 0 Å². The van der Waals surface area contributed by atoms with E-state index in [1.807, 2.05) is 42.5 Å². The second-order valence-corrected chi connectivity index (χ2v) is 3.74. The highest BCUT2D eigenvalue weighted by Crippen LogP contribution is 2.13. The summed E-state index contributed by atoms with van der Waals surface area (Å²) in [4.78, 5) is 0. The van der Waals surface area contributed by atoms with Gasteiger partial charge in [0.05, 0.1) is 0 Å². The fraction of sp³-hybridized carbons (Fsp3) is 0. The third-order valence-electron chi connectivity index (χ3n) is 2.36. The summed E-state index contributed by atoms with van der Waals surface area (Å²) in [7, 11) is 0. The molecule has 0 saturated carbocycles. The molecule has 0 fully saturated rings. The van der Waals surface area contributed by atoms with E-state index in [-0.39, 0.29) is 0 Å². The third kappa shape index (κ3) is 2.23. The summed E-state index contributed by atoms with van der Waals surface area (Å²) in [5, 5.41) is 5.19. The number of anilines is 3. The molecule has 80 valence electrons. The van der Waals surface area contributed by atoms with Crippen LogP contribution in [-0.4, -0.2) is 0 Å². The topological polar surface area (TPSA) is 38.0 Å². The van der Waals surface area contributed by atoms with Gasteiger partial charge in [-0.15, -0.1) is 0 Å². The number of nitrogens with one attached hydrogen (secondary N) is 1. The Labute approximate surface area is 94.7 Å². The van der Waals surface area contributed by atoms with Crippen LogP contribution in [0.4, 0.5) is 17.1 Å². The van der Waals surface area contributed by atoms with Gasteiger partial charge in [0.2, 0.25) is 0 Å². The summed E-state index contributed by atoms with van der Waals surface area (Å²) < 4.78 is 0. The summed E-state index contributed by atoms with van der Waals surface area (Å²) in [6.45, 7) is 7.85. The number of hydrogen-bond acceptors (Lipinski definition) is 2. The summed E-state index contributed by atoms with van der Waals surface area (Å²) >= 11 is 0. The van der Waals surface area contributed by atoms with Gasteiger partial charge in [-0.3, -0.25) is 0 Å². The van der Waals surface area contributed by atoms with Gasteiger partial charge in [0, 0.05) is 17.1 Å². The van der Waals surface area contributed by atoms with E-state index in [4.69, 9.17) is 5.73 Å². The second-order valence-electron chi connectivity index (χ2n) is 3.74. The van der Waals surface area contributed by atoms with Gasteiger partial charge in [-0.05, 0) is 40.8 Å². The van der Waals surface area contributed by atoms with Crippen LogP contribution >= 0.6 is 0 Å². The minimum atomic E-state index is 0.756. The van der Waals surface area contributed by atoms with Crippen LogP contribution in [0.5, 0.6) is 0 Å². The molecule has 2 nitrogen and oxygen atoms in total. The fourth-order valence-corrected chi connectivity index (χ4v) is 1.46. The van der Waals surface area contributed by atoms with Gasteiger partial charge in [0.25, 0.3) is 0 Å². The Balaban J connectivity index is 2.33. The molecule has 0 radical (unpaired) electrons. The van der Waals surface area contributed by atoms with Crippen LogP contribution in [0.2, 0.25) is 0 Å². The largest absolute Gasteiger partial charge is 0.399 e. The van der Waals surface area contributed by atoms with Crippen LogP contribution in [0.1, 0.15) is 0 Å². The van der Waals surface area contributed by atoms with Crippen LogP contribution in [-0.2, 0) is 0 Å². The Kier molecular flexibility index (Phi) is 2.64. The van der Waals surface area contributed by atoms with E-state index in [9.17, 15) is 0 Å². The zero-order valence-electron chi connectivity index (χ0n) is 9.03. The second kappa shape index (κ2) is 4.11. The first-order valence-electron chi connectivity index (χ1n) is 5.06. The van der Waals surface area contributed by atoms with Crippen molar-refractivity contribution >= 4 is 30.2 Å². The predicted molar refractivity (Wildman–Crippen MR) is 70.9 cm³/mol. The molecule has 16 heavy (non-hydrogen) atoms. The molecule has 0 aliphatic heterocycles. The molecule has 0 bridgehead atoms. The van der Waals surface area contributed by atoms with Crippen molar-refractivity contribution in [3.8, 4) is 0 Å². The maximum absolute atomic E-state index is 5.62. The minimum Gasteiger partial charge on any atom is -0.399 e. The molecule has 2 heteroatoms. The standard InChI is InChI=1S/C14H14N2/c1-10-3-4-11(2)14(9-10)16-13-7-5-12(15)6-8-13/h3-9,16H,1-2,15H2. The Hall–Kier alpha value is -2.22. The van der Waals surface area contributed by atoms with Gasteiger partial charge in [-0.2, -0.15) is 0 Å². The van der Waals surface area contributed by atoms with E-state index >= 15 is 0 Å². The predicted octanol–water partition coefficient (Wildman–Crippen LogP) is 1.83. The number of nitrogens with two attached hydrogens (primary N) is 1. The smallest absolute Gasteiger partial charge is 0.0457 e. The number of benzene rings is 2. The summed E-state index contributed by atoms with van der Waals surface area (Å²) in [6.07, 6.45) is 0. The molecule has 2 rings (SSSR count). The maximum atomic E-state index is 5.62. The van der Waals surface area contributed by atoms with Crippen LogP contribution < -0.4 is 21.5 Å². The van der Waals surface area contributed by atoms with Gasteiger partial charge < -0.3 is 11.1 Å². The molecule has 0 unspecified atom stereocenters. The van der Waals surface area contributed by atoms with Crippen molar-refractivity contribution in [1.82, 2.24) is 0 Å². The normalized spacial score (nSPS) is 10.0. The molecular weight excluding hydrogens is 196 g/mol.